The van der Waals surface area contributed by atoms with Gasteiger partial charge in [-0.2, -0.15) is 0 Å². The van der Waals surface area contributed by atoms with Crippen molar-refractivity contribution < 1.29 is 37.6 Å². The van der Waals surface area contributed by atoms with Crippen LogP contribution in [0.2, 0.25) is 0 Å². The third-order valence-electron chi connectivity index (χ3n) is 7.72. The number of phosphoric ester groups is 1. The second kappa shape index (κ2) is 39.6. The van der Waals surface area contributed by atoms with Crippen LogP contribution in [0.15, 0.2) is 97.2 Å². The van der Waals surface area contributed by atoms with Crippen molar-refractivity contribution in [2.45, 2.75) is 142 Å². The summed E-state index contributed by atoms with van der Waals surface area (Å²) in [6, 6.07) is 0. The number of phosphoric acid groups is 1. The molecule has 54 heavy (non-hydrogen) atoms. The van der Waals surface area contributed by atoms with Crippen LogP contribution in [0.25, 0.3) is 0 Å². The Hall–Kier alpha value is -3.07. The van der Waals surface area contributed by atoms with Gasteiger partial charge in [-0.25, -0.2) is 4.57 Å². The predicted octanol–water partition coefficient (Wildman–Crippen LogP) is 11.4. The van der Waals surface area contributed by atoms with Crippen LogP contribution >= 0.6 is 7.82 Å². The maximum absolute atomic E-state index is 12.5. The number of hydrogen-bond donors (Lipinski definition) is 2. The Bertz CT molecular complexity index is 1200. The lowest BCUT2D eigenvalue weighted by Gasteiger charge is -2.19. The Labute approximate surface area is 327 Å². The van der Waals surface area contributed by atoms with Gasteiger partial charge < -0.3 is 20.1 Å². The van der Waals surface area contributed by atoms with Crippen molar-refractivity contribution in [3.63, 3.8) is 0 Å². The topological polar surface area (TPSA) is 134 Å². The summed E-state index contributed by atoms with van der Waals surface area (Å²) in [6.45, 7) is 3.44. The fourth-order valence-electron chi connectivity index (χ4n) is 4.73. The summed E-state index contributed by atoms with van der Waals surface area (Å²) in [7, 11) is -4.40. The number of carbonyl (C=O) groups is 2. The minimum atomic E-state index is -4.40. The van der Waals surface area contributed by atoms with Crippen LogP contribution in [-0.4, -0.2) is 49.3 Å². The fraction of sp³-hybridized carbons (Fsp3) is 0.591. The summed E-state index contributed by atoms with van der Waals surface area (Å²) in [5.41, 5.74) is 5.33. The van der Waals surface area contributed by atoms with Crippen LogP contribution in [0.1, 0.15) is 136 Å². The lowest BCUT2D eigenvalue weighted by molar-refractivity contribution is -0.161. The first-order chi connectivity index (χ1) is 26.3. The van der Waals surface area contributed by atoms with Crippen LogP contribution < -0.4 is 5.73 Å². The van der Waals surface area contributed by atoms with Crippen LogP contribution in [-0.2, 0) is 32.7 Å². The van der Waals surface area contributed by atoms with Crippen molar-refractivity contribution in [3.8, 4) is 0 Å². The summed E-state index contributed by atoms with van der Waals surface area (Å²) in [6.07, 6.45) is 50.2. The fourth-order valence-corrected chi connectivity index (χ4v) is 5.50. The molecular weight excluding hydrogens is 701 g/mol. The minimum Gasteiger partial charge on any atom is -0.462 e. The van der Waals surface area contributed by atoms with Gasteiger partial charge in [0, 0.05) is 19.4 Å². The van der Waals surface area contributed by atoms with Crippen LogP contribution in [0, 0.1) is 0 Å². The smallest absolute Gasteiger partial charge is 0.462 e. The molecule has 0 amide bonds. The summed E-state index contributed by atoms with van der Waals surface area (Å²) in [5, 5.41) is 0. The van der Waals surface area contributed by atoms with E-state index in [4.69, 9.17) is 24.3 Å². The molecule has 0 aliphatic carbocycles. The lowest BCUT2D eigenvalue weighted by atomic mass is 10.1. The van der Waals surface area contributed by atoms with Gasteiger partial charge in [-0.3, -0.25) is 18.6 Å². The molecule has 0 fully saturated rings. The first kappa shape index (κ1) is 50.9. The Kier molecular flexibility index (Phi) is 37.4. The summed E-state index contributed by atoms with van der Waals surface area (Å²) >= 11 is 0. The molecule has 1 unspecified atom stereocenters. The molecular formula is C44H72NO8P. The Morgan fingerprint density at radius 2 is 1.06 bits per heavy atom. The van der Waals surface area contributed by atoms with Crippen molar-refractivity contribution >= 4 is 19.8 Å². The van der Waals surface area contributed by atoms with Gasteiger partial charge in [-0.05, 0) is 77.0 Å². The van der Waals surface area contributed by atoms with Crippen molar-refractivity contribution in [2.75, 3.05) is 26.4 Å². The zero-order valence-electron chi connectivity index (χ0n) is 33.4. The SMILES string of the molecule is CC/C=C/C/C=C/C/C=C/C/C=C/C/C=C/C/C=C/CCC(=O)OC[C@@H](COP(=O)(O)OCCN)OC(=O)CCCCCCC/C=C/C/C=C/CCCC. The van der Waals surface area contributed by atoms with E-state index in [1.54, 1.807) is 0 Å². The van der Waals surface area contributed by atoms with Gasteiger partial charge in [0.25, 0.3) is 0 Å². The van der Waals surface area contributed by atoms with E-state index in [0.717, 1.165) is 83.5 Å². The number of ether oxygens (including phenoxy) is 2. The maximum Gasteiger partial charge on any atom is 0.472 e. The highest BCUT2D eigenvalue weighted by Gasteiger charge is 2.25. The molecule has 306 valence electrons. The second-order valence-corrected chi connectivity index (χ2v) is 14.2. The van der Waals surface area contributed by atoms with E-state index in [9.17, 15) is 19.0 Å². The standard InChI is InChI=1S/C44H72NO8P/c1-3-5-7-9-11-13-15-17-19-20-21-22-23-25-26-28-30-32-34-36-43(46)50-40-42(41-52-54(48,49)51-39-38-45)53-44(47)37-35-33-31-29-27-24-18-16-14-12-10-8-6-4-2/h5,7,10-13,16-19,21-22,25-26,30,32,42H,3-4,6,8-9,14-15,20,23-24,27-29,31,33-41,45H2,1-2H3,(H,48,49)/b7-5+,12-10+,13-11+,18-16+,19-17+,22-21+,26-25+,32-30+/t42-/m0/s1. The van der Waals surface area contributed by atoms with E-state index in [1.807, 2.05) is 12.2 Å². The van der Waals surface area contributed by atoms with Gasteiger partial charge in [-0.15, -0.1) is 0 Å². The minimum absolute atomic E-state index is 0.0359. The highest BCUT2D eigenvalue weighted by atomic mass is 31.2. The monoisotopic (exact) mass is 773 g/mol. The summed E-state index contributed by atoms with van der Waals surface area (Å²) in [5.74, 6) is -0.955. The lowest BCUT2D eigenvalue weighted by Crippen LogP contribution is -2.29. The molecule has 0 aliphatic heterocycles. The van der Waals surface area contributed by atoms with E-state index in [-0.39, 0.29) is 32.6 Å². The molecule has 0 aromatic carbocycles. The molecule has 0 radical (unpaired) electrons. The first-order valence-electron chi connectivity index (χ1n) is 20.2. The molecule has 0 aromatic heterocycles. The highest BCUT2D eigenvalue weighted by molar-refractivity contribution is 7.47. The van der Waals surface area contributed by atoms with Gasteiger partial charge in [0.2, 0.25) is 0 Å². The molecule has 0 heterocycles. The van der Waals surface area contributed by atoms with Crippen molar-refractivity contribution in [1.29, 1.82) is 0 Å². The van der Waals surface area contributed by atoms with Gasteiger partial charge in [-0.1, -0.05) is 143 Å². The first-order valence-corrected chi connectivity index (χ1v) is 21.7. The molecule has 0 aromatic rings. The largest absolute Gasteiger partial charge is 0.472 e. The van der Waals surface area contributed by atoms with Crippen molar-refractivity contribution in [3.05, 3.63) is 97.2 Å². The third-order valence-corrected chi connectivity index (χ3v) is 8.70. The number of nitrogens with two attached hydrogens (primary N) is 1. The van der Waals surface area contributed by atoms with E-state index >= 15 is 0 Å². The molecule has 3 N–H and O–H groups in total. The number of carbonyl (C=O) groups excluding carboxylic acids is 2. The average Bonchev–Trinajstić information content (AvgIpc) is 3.16. The number of hydrogen-bond acceptors (Lipinski definition) is 8. The average molecular weight is 774 g/mol. The van der Waals surface area contributed by atoms with Crippen LogP contribution in [0.4, 0.5) is 0 Å². The molecule has 9 nitrogen and oxygen atoms in total. The molecule has 0 rings (SSSR count). The maximum atomic E-state index is 12.5. The van der Waals surface area contributed by atoms with E-state index < -0.39 is 32.5 Å². The molecule has 0 spiro atoms. The van der Waals surface area contributed by atoms with Crippen LogP contribution in [0.3, 0.4) is 0 Å². The molecule has 10 heteroatoms. The number of allylic oxidation sites excluding steroid dienone is 16. The van der Waals surface area contributed by atoms with Gasteiger partial charge in [0.1, 0.15) is 6.61 Å². The number of unbranched alkanes of at least 4 members (excludes halogenated alkanes) is 7. The molecule has 0 bridgehead atoms. The van der Waals surface area contributed by atoms with E-state index in [1.165, 1.54) is 12.8 Å². The molecule has 2 atom stereocenters. The number of rotatable bonds is 36. The Morgan fingerprint density at radius 3 is 1.59 bits per heavy atom. The van der Waals surface area contributed by atoms with Gasteiger partial charge >= 0.3 is 19.8 Å². The summed E-state index contributed by atoms with van der Waals surface area (Å²) in [4.78, 5) is 34.8. The normalized spacial score (nSPS) is 14.4. The van der Waals surface area contributed by atoms with Crippen LogP contribution in [0.5, 0.6) is 0 Å². The molecule has 0 saturated heterocycles. The third kappa shape index (κ3) is 38.6. The summed E-state index contributed by atoms with van der Waals surface area (Å²) < 4.78 is 32.6. The second-order valence-electron chi connectivity index (χ2n) is 12.8. The van der Waals surface area contributed by atoms with Crippen molar-refractivity contribution in [2.24, 2.45) is 5.73 Å². The van der Waals surface area contributed by atoms with Gasteiger partial charge in [0.15, 0.2) is 6.10 Å². The quantitative estimate of drug-likeness (QED) is 0.0276. The van der Waals surface area contributed by atoms with Crippen molar-refractivity contribution in [1.82, 2.24) is 0 Å². The Morgan fingerprint density at radius 1 is 0.574 bits per heavy atom. The molecule has 0 saturated carbocycles. The number of esters is 2. The van der Waals surface area contributed by atoms with E-state index in [2.05, 4.69) is 98.9 Å². The molecule has 0 aliphatic rings. The predicted molar refractivity (Wildman–Crippen MR) is 224 cm³/mol. The zero-order chi connectivity index (χ0) is 39.6. The van der Waals surface area contributed by atoms with E-state index in [0.29, 0.717) is 12.8 Å². The Balaban J connectivity index is 4.36. The highest BCUT2D eigenvalue weighted by Crippen LogP contribution is 2.43. The van der Waals surface area contributed by atoms with Gasteiger partial charge in [0.05, 0.1) is 13.2 Å². The zero-order valence-corrected chi connectivity index (χ0v) is 34.3.